The highest BCUT2D eigenvalue weighted by Gasteiger charge is 2.29. The summed E-state index contributed by atoms with van der Waals surface area (Å²) in [6, 6.07) is 0. The van der Waals surface area contributed by atoms with E-state index in [4.69, 9.17) is 41.5 Å². The van der Waals surface area contributed by atoms with Gasteiger partial charge in [-0.15, -0.1) is 0 Å². The van der Waals surface area contributed by atoms with Gasteiger partial charge in [0.25, 0.3) is 0 Å². The van der Waals surface area contributed by atoms with Gasteiger partial charge in [-0.05, 0) is 6.42 Å². The lowest BCUT2D eigenvalue weighted by Crippen LogP contribution is -2.46. The van der Waals surface area contributed by atoms with Gasteiger partial charge < -0.3 is 41.5 Å². The highest BCUT2D eigenvalue weighted by molar-refractivity contribution is 4.79. The van der Waals surface area contributed by atoms with Crippen LogP contribution in [0.4, 0.5) is 0 Å². The normalized spacial score (nSPS) is 19.2. The van der Waals surface area contributed by atoms with Crippen LogP contribution in [0.2, 0.25) is 0 Å². The summed E-state index contributed by atoms with van der Waals surface area (Å²) in [5.74, 6) is 0. The largest absolute Gasteiger partial charge is 0.394 e. The summed E-state index contributed by atoms with van der Waals surface area (Å²) >= 11 is 0. The lowest BCUT2D eigenvalue weighted by atomic mass is 10.0. The Labute approximate surface area is 106 Å². The molecule has 5 atom stereocenters. The molecule has 0 amide bonds. The number of aliphatic hydroxyl groups is 7. The molecular weight excluding hydrogens is 246 g/mol. The zero-order valence-electron chi connectivity index (χ0n) is 10.4. The predicted molar refractivity (Wildman–Crippen MR) is 63.6 cm³/mol. The van der Waals surface area contributed by atoms with Gasteiger partial charge >= 0.3 is 0 Å². The van der Waals surface area contributed by atoms with Gasteiger partial charge in [0, 0.05) is 6.54 Å². The maximum Gasteiger partial charge on any atom is 0.111 e. The maximum atomic E-state index is 8.96. The zero-order valence-corrected chi connectivity index (χ0v) is 10.4. The Morgan fingerprint density at radius 3 is 1.28 bits per heavy atom. The van der Waals surface area contributed by atoms with Crippen LogP contribution in [0.15, 0.2) is 0 Å². The number of nitrogens with two attached hydrogens (primary N) is 1. The smallest absolute Gasteiger partial charge is 0.111 e. The zero-order chi connectivity index (χ0) is 14.7. The SMILES string of the molecule is CCC(O)CN.OCC(O)C(O)C(O)C(O)CO. The molecule has 18 heavy (non-hydrogen) atoms. The topological polar surface area (TPSA) is 168 Å². The van der Waals surface area contributed by atoms with Gasteiger partial charge in [0.2, 0.25) is 0 Å². The minimum Gasteiger partial charge on any atom is -0.394 e. The molecule has 0 bridgehead atoms. The van der Waals surface area contributed by atoms with Crippen molar-refractivity contribution in [2.24, 2.45) is 5.73 Å². The first-order valence-corrected chi connectivity index (χ1v) is 5.67. The van der Waals surface area contributed by atoms with Gasteiger partial charge in [-0.2, -0.15) is 0 Å². The standard InChI is InChI=1S/C6H14O6.C4H11NO/c7-1-3(9)5(11)6(12)4(10)2-8;1-2-4(6)3-5/h3-12H,1-2H2;4,6H,2-3,5H2,1H3. The Kier molecular flexibility index (Phi) is 13.1. The number of hydrogen-bond acceptors (Lipinski definition) is 8. The van der Waals surface area contributed by atoms with Crippen LogP contribution in [0, 0.1) is 0 Å². The van der Waals surface area contributed by atoms with Gasteiger partial charge in [-0.25, -0.2) is 0 Å². The van der Waals surface area contributed by atoms with E-state index in [0.29, 0.717) is 6.54 Å². The van der Waals surface area contributed by atoms with E-state index in [-0.39, 0.29) is 6.10 Å². The first kappa shape index (κ1) is 20.0. The molecular formula is C10H25NO7. The maximum absolute atomic E-state index is 8.96. The average molecular weight is 271 g/mol. The van der Waals surface area contributed by atoms with Gasteiger partial charge in [0.05, 0.1) is 19.3 Å². The highest BCUT2D eigenvalue weighted by Crippen LogP contribution is 2.03. The fourth-order valence-corrected chi connectivity index (χ4v) is 0.838. The van der Waals surface area contributed by atoms with Crippen molar-refractivity contribution < 1.29 is 35.7 Å². The average Bonchev–Trinajstić information content (AvgIpc) is 2.43. The Morgan fingerprint density at radius 1 is 0.833 bits per heavy atom. The molecule has 0 aromatic carbocycles. The van der Waals surface area contributed by atoms with Crippen molar-refractivity contribution in [1.82, 2.24) is 0 Å². The van der Waals surface area contributed by atoms with E-state index in [1.54, 1.807) is 0 Å². The first-order chi connectivity index (χ1) is 8.35. The van der Waals surface area contributed by atoms with E-state index < -0.39 is 37.6 Å². The molecule has 0 saturated carbocycles. The van der Waals surface area contributed by atoms with E-state index in [2.05, 4.69) is 0 Å². The second kappa shape index (κ2) is 11.8. The molecule has 0 aliphatic heterocycles. The van der Waals surface area contributed by atoms with Crippen LogP contribution in [0.25, 0.3) is 0 Å². The molecule has 0 spiro atoms. The molecule has 0 radical (unpaired) electrons. The molecule has 0 rings (SSSR count). The van der Waals surface area contributed by atoms with Crippen molar-refractivity contribution in [3.8, 4) is 0 Å². The van der Waals surface area contributed by atoms with Crippen LogP contribution in [0.1, 0.15) is 13.3 Å². The number of rotatable bonds is 7. The molecule has 0 aliphatic carbocycles. The Hall–Kier alpha value is -0.320. The summed E-state index contributed by atoms with van der Waals surface area (Å²) in [7, 11) is 0. The molecule has 0 heterocycles. The summed E-state index contributed by atoms with van der Waals surface area (Å²) in [5, 5.41) is 60.7. The van der Waals surface area contributed by atoms with Crippen LogP contribution < -0.4 is 5.73 Å². The van der Waals surface area contributed by atoms with Crippen molar-refractivity contribution in [3.05, 3.63) is 0 Å². The Morgan fingerprint density at radius 2 is 1.17 bits per heavy atom. The fraction of sp³-hybridized carbons (Fsp3) is 1.00. The Balaban J connectivity index is 0. The van der Waals surface area contributed by atoms with Crippen molar-refractivity contribution in [3.63, 3.8) is 0 Å². The van der Waals surface area contributed by atoms with Crippen molar-refractivity contribution in [2.45, 2.75) is 43.9 Å². The lowest BCUT2D eigenvalue weighted by Gasteiger charge is -2.24. The second-order valence-electron chi connectivity index (χ2n) is 3.78. The predicted octanol–water partition coefficient (Wildman–Crippen LogP) is -3.87. The van der Waals surface area contributed by atoms with Crippen molar-refractivity contribution in [2.75, 3.05) is 19.8 Å². The third-order valence-electron chi connectivity index (χ3n) is 2.26. The van der Waals surface area contributed by atoms with Crippen molar-refractivity contribution >= 4 is 0 Å². The minimum absolute atomic E-state index is 0.287. The summed E-state index contributed by atoms with van der Waals surface area (Å²) < 4.78 is 0. The number of hydrogen-bond donors (Lipinski definition) is 8. The minimum atomic E-state index is -1.67. The van der Waals surface area contributed by atoms with E-state index in [1.807, 2.05) is 6.92 Å². The van der Waals surface area contributed by atoms with Crippen molar-refractivity contribution in [1.29, 1.82) is 0 Å². The van der Waals surface area contributed by atoms with E-state index in [9.17, 15) is 0 Å². The van der Waals surface area contributed by atoms with Crippen LogP contribution in [-0.4, -0.2) is 86.0 Å². The first-order valence-electron chi connectivity index (χ1n) is 5.67. The van der Waals surface area contributed by atoms with E-state index in [1.165, 1.54) is 0 Å². The van der Waals surface area contributed by atoms with Gasteiger partial charge in [-0.3, -0.25) is 0 Å². The summed E-state index contributed by atoms with van der Waals surface area (Å²) in [6.45, 7) is 0.834. The van der Waals surface area contributed by atoms with Gasteiger partial charge in [0.1, 0.15) is 24.4 Å². The second-order valence-corrected chi connectivity index (χ2v) is 3.78. The molecule has 0 saturated heterocycles. The molecule has 8 nitrogen and oxygen atoms in total. The Bertz CT molecular complexity index is 166. The summed E-state index contributed by atoms with van der Waals surface area (Å²) in [5.41, 5.74) is 5.03. The van der Waals surface area contributed by atoms with Crippen LogP contribution in [-0.2, 0) is 0 Å². The van der Waals surface area contributed by atoms with Gasteiger partial charge in [0.15, 0.2) is 0 Å². The lowest BCUT2D eigenvalue weighted by molar-refractivity contribution is -0.123. The molecule has 112 valence electrons. The third kappa shape index (κ3) is 8.72. The van der Waals surface area contributed by atoms with Crippen LogP contribution in [0.3, 0.4) is 0 Å². The fourth-order valence-electron chi connectivity index (χ4n) is 0.838. The van der Waals surface area contributed by atoms with Gasteiger partial charge in [-0.1, -0.05) is 6.92 Å². The molecule has 0 fully saturated rings. The van der Waals surface area contributed by atoms with Crippen LogP contribution in [0.5, 0.6) is 0 Å². The van der Waals surface area contributed by atoms with E-state index >= 15 is 0 Å². The summed E-state index contributed by atoms with van der Waals surface area (Å²) in [4.78, 5) is 0. The molecule has 0 aromatic heterocycles. The molecule has 9 N–H and O–H groups in total. The number of aliphatic hydroxyl groups excluding tert-OH is 7. The molecule has 0 aliphatic rings. The quantitative estimate of drug-likeness (QED) is 0.233. The molecule has 5 unspecified atom stereocenters. The summed E-state index contributed by atoms with van der Waals surface area (Å²) in [6.07, 6.45) is -5.92. The van der Waals surface area contributed by atoms with E-state index in [0.717, 1.165) is 6.42 Å². The molecule has 0 aromatic rings. The monoisotopic (exact) mass is 271 g/mol. The van der Waals surface area contributed by atoms with Crippen LogP contribution >= 0.6 is 0 Å². The highest BCUT2D eigenvalue weighted by atomic mass is 16.4. The molecule has 8 heteroatoms. The third-order valence-corrected chi connectivity index (χ3v) is 2.26.